The number of thiophene rings is 1. The molecular weight excluding hydrogens is 274 g/mol. The molecule has 1 aromatic heterocycles. The average molecular weight is 293 g/mol. The quantitative estimate of drug-likeness (QED) is 0.766. The van der Waals surface area contributed by atoms with E-state index in [1.54, 1.807) is 11.3 Å². The van der Waals surface area contributed by atoms with E-state index in [9.17, 15) is 5.11 Å². The van der Waals surface area contributed by atoms with Gasteiger partial charge in [0, 0.05) is 23.2 Å². The third-order valence-electron chi connectivity index (χ3n) is 2.83. The molecule has 2 nitrogen and oxygen atoms in total. The molecular formula is C15H19NOS2. The second kappa shape index (κ2) is 7.70. The van der Waals surface area contributed by atoms with Crippen molar-refractivity contribution >= 4 is 23.1 Å². The van der Waals surface area contributed by atoms with Gasteiger partial charge in [0.2, 0.25) is 0 Å². The Morgan fingerprint density at radius 1 is 1.26 bits per heavy atom. The Bertz CT molecular complexity index is 458. The van der Waals surface area contributed by atoms with E-state index in [0.717, 1.165) is 11.3 Å². The fraction of sp³-hybridized carbons (Fsp3) is 0.333. The van der Waals surface area contributed by atoms with Gasteiger partial charge < -0.3 is 10.4 Å². The summed E-state index contributed by atoms with van der Waals surface area (Å²) >= 11 is 3.45. The van der Waals surface area contributed by atoms with Crippen LogP contribution in [0, 0.1) is 0 Å². The molecule has 0 aliphatic carbocycles. The molecule has 0 bridgehead atoms. The predicted molar refractivity (Wildman–Crippen MR) is 83.9 cm³/mol. The summed E-state index contributed by atoms with van der Waals surface area (Å²) in [6, 6.07) is 12.7. The van der Waals surface area contributed by atoms with Gasteiger partial charge in [0.05, 0.1) is 6.10 Å². The van der Waals surface area contributed by atoms with E-state index in [1.807, 2.05) is 34.7 Å². The Morgan fingerprint density at radius 3 is 2.74 bits per heavy atom. The van der Waals surface area contributed by atoms with E-state index in [-0.39, 0.29) is 0 Å². The van der Waals surface area contributed by atoms with Crippen LogP contribution in [-0.2, 0) is 0 Å². The molecule has 102 valence electrons. The lowest BCUT2D eigenvalue weighted by atomic mass is 10.2. The van der Waals surface area contributed by atoms with Crippen molar-refractivity contribution in [3.63, 3.8) is 0 Å². The molecule has 19 heavy (non-hydrogen) atoms. The monoisotopic (exact) mass is 293 g/mol. The van der Waals surface area contributed by atoms with Gasteiger partial charge in [0.15, 0.2) is 0 Å². The zero-order valence-corrected chi connectivity index (χ0v) is 12.6. The summed E-state index contributed by atoms with van der Waals surface area (Å²) < 4.78 is 0. The number of rotatable bonds is 7. The maximum Gasteiger partial charge on any atom is 0.0922 e. The number of aliphatic hydroxyl groups is 1. The fourth-order valence-corrected chi connectivity index (χ4v) is 3.31. The van der Waals surface area contributed by atoms with Crippen molar-refractivity contribution in [2.24, 2.45) is 0 Å². The molecule has 1 heterocycles. The van der Waals surface area contributed by atoms with E-state index in [2.05, 4.69) is 36.5 Å². The van der Waals surface area contributed by atoms with E-state index < -0.39 is 6.10 Å². The first-order valence-electron chi connectivity index (χ1n) is 6.37. The van der Waals surface area contributed by atoms with Crippen molar-refractivity contribution < 1.29 is 5.11 Å². The van der Waals surface area contributed by atoms with Crippen LogP contribution < -0.4 is 5.32 Å². The molecule has 0 aliphatic rings. The highest BCUT2D eigenvalue weighted by Gasteiger charge is 2.09. The summed E-state index contributed by atoms with van der Waals surface area (Å²) in [5.74, 6) is 1.00. The molecule has 2 atom stereocenters. The van der Waals surface area contributed by atoms with Gasteiger partial charge in [0.1, 0.15) is 0 Å². The number of thioether (sulfide) groups is 1. The van der Waals surface area contributed by atoms with Crippen LogP contribution in [0.25, 0.3) is 0 Å². The molecule has 1 aromatic carbocycles. The van der Waals surface area contributed by atoms with Crippen LogP contribution in [0.5, 0.6) is 0 Å². The molecule has 0 saturated carbocycles. The normalized spacial score (nSPS) is 14.2. The Labute approximate surface area is 122 Å². The molecule has 0 fully saturated rings. The van der Waals surface area contributed by atoms with Crippen molar-refractivity contribution in [2.75, 3.05) is 12.3 Å². The molecule has 2 rings (SSSR count). The van der Waals surface area contributed by atoms with E-state index in [0.29, 0.717) is 12.6 Å². The van der Waals surface area contributed by atoms with Gasteiger partial charge in [0.25, 0.3) is 0 Å². The topological polar surface area (TPSA) is 32.3 Å². The van der Waals surface area contributed by atoms with Crippen LogP contribution >= 0.6 is 23.1 Å². The summed E-state index contributed by atoms with van der Waals surface area (Å²) in [7, 11) is 0. The highest BCUT2D eigenvalue weighted by atomic mass is 32.2. The summed E-state index contributed by atoms with van der Waals surface area (Å²) in [6.45, 7) is 2.75. The Morgan fingerprint density at radius 2 is 2.05 bits per heavy atom. The highest BCUT2D eigenvalue weighted by Crippen LogP contribution is 2.18. The molecule has 2 N–H and O–H groups in total. The zero-order chi connectivity index (χ0) is 13.5. The Hall–Kier alpha value is -0.810. The van der Waals surface area contributed by atoms with Gasteiger partial charge in [-0.05, 0) is 41.4 Å². The predicted octanol–water partition coefficient (Wildman–Crippen LogP) is 3.55. The molecule has 2 aromatic rings. The Balaban J connectivity index is 1.69. The second-order valence-corrected chi connectivity index (χ2v) is 6.38. The van der Waals surface area contributed by atoms with Crippen molar-refractivity contribution in [3.05, 3.63) is 52.7 Å². The number of hydrogen-bond acceptors (Lipinski definition) is 4. The SMILES string of the molecule is CC(CSc1ccccc1)NCC(O)c1ccsc1. The smallest absolute Gasteiger partial charge is 0.0922 e. The highest BCUT2D eigenvalue weighted by molar-refractivity contribution is 7.99. The number of benzene rings is 1. The summed E-state index contributed by atoms with van der Waals surface area (Å²) in [4.78, 5) is 1.29. The van der Waals surface area contributed by atoms with Crippen molar-refractivity contribution in [1.29, 1.82) is 0 Å². The first-order valence-corrected chi connectivity index (χ1v) is 8.30. The molecule has 0 aliphatic heterocycles. The minimum atomic E-state index is -0.407. The van der Waals surface area contributed by atoms with Crippen molar-refractivity contribution in [3.8, 4) is 0 Å². The Kier molecular flexibility index (Phi) is 5.92. The summed E-state index contributed by atoms with van der Waals surface area (Å²) in [5.41, 5.74) is 1.00. The van der Waals surface area contributed by atoms with Crippen LogP contribution in [0.15, 0.2) is 52.1 Å². The standard InChI is InChI=1S/C15H19NOS2/c1-12(10-19-14-5-3-2-4-6-14)16-9-15(17)13-7-8-18-11-13/h2-8,11-12,15-17H,9-10H2,1H3. The van der Waals surface area contributed by atoms with E-state index in [1.165, 1.54) is 4.90 Å². The first-order chi connectivity index (χ1) is 9.25. The second-order valence-electron chi connectivity index (χ2n) is 4.51. The largest absolute Gasteiger partial charge is 0.387 e. The lowest BCUT2D eigenvalue weighted by Crippen LogP contribution is -2.32. The molecule has 0 amide bonds. The molecule has 2 unspecified atom stereocenters. The summed E-state index contributed by atoms with van der Waals surface area (Å²) in [5, 5.41) is 17.3. The molecule has 0 radical (unpaired) electrons. The van der Waals surface area contributed by atoms with Crippen LogP contribution in [0.1, 0.15) is 18.6 Å². The van der Waals surface area contributed by atoms with Gasteiger partial charge in [-0.2, -0.15) is 11.3 Å². The van der Waals surface area contributed by atoms with Gasteiger partial charge in [-0.1, -0.05) is 18.2 Å². The fourth-order valence-electron chi connectivity index (χ4n) is 1.69. The number of aliphatic hydroxyl groups excluding tert-OH is 1. The van der Waals surface area contributed by atoms with Gasteiger partial charge in [-0.15, -0.1) is 11.8 Å². The van der Waals surface area contributed by atoms with Crippen LogP contribution in [0.2, 0.25) is 0 Å². The lowest BCUT2D eigenvalue weighted by Gasteiger charge is -2.16. The lowest BCUT2D eigenvalue weighted by molar-refractivity contribution is 0.172. The summed E-state index contributed by atoms with van der Waals surface area (Å²) in [6.07, 6.45) is -0.407. The molecule has 0 saturated heterocycles. The van der Waals surface area contributed by atoms with E-state index in [4.69, 9.17) is 0 Å². The van der Waals surface area contributed by atoms with Gasteiger partial charge in [-0.3, -0.25) is 0 Å². The third kappa shape index (κ3) is 4.99. The molecule has 4 heteroatoms. The van der Waals surface area contributed by atoms with Crippen LogP contribution in [0.3, 0.4) is 0 Å². The maximum absolute atomic E-state index is 9.98. The van der Waals surface area contributed by atoms with Crippen molar-refractivity contribution in [2.45, 2.75) is 24.0 Å². The number of hydrogen-bond donors (Lipinski definition) is 2. The maximum atomic E-state index is 9.98. The molecule has 0 spiro atoms. The van der Waals surface area contributed by atoms with Crippen LogP contribution in [0.4, 0.5) is 0 Å². The minimum absolute atomic E-state index is 0.374. The minimum Gasteiger partial charge on any atom is -0.387 e. The van der Waals surface area contributed by atoms with Gasteiger partial charge in [-0.25, -0.2) is 0 Å². The zero-order valence-electron chi connectivity index (χ0n) is 11.0. The van der Waals surface area contributed by atoms with Gasteiger partial charge >= 0.3 is 0 Å². The van der Waals surface area contributed by atoms with E-state index >= 15 is 0 Å². The van der Waals surface area contributed by atoms with Crippen LogP contribution in [-0.4, -0.2) is 23.4 Å². The van der Waals surface area contributed by atoms with Crippen molar-refractivity contribution in [1.82, 2.24) is 5.32 Å². The third-order valence-corrected chi connectivity index (χ3v) is 4.80. The average Bonchev–Trinajstić information content (AvgIpc) is 2.98. The number of nitrogens with one attached hydrogen (secondary N) is 1. The first kappa shape index (κ1) is 14.6.